The molecule has 1 aliphatic rings. The number of aliphatic carboxylic acids is 1. The van der Waals surface area contributed by atoms with Crippen LogP contribution in [-0.2, 0) is 4.79 Å². The zero-order valence-corrected chi connectivity index (χ0v) is 11.8. The minimum Gasteiger partial charge on any atom is -0.480 e. The monoisotopic (exact) mass is 256 g/mol. The summed E-state index contributed by atoms with van der Waals surface area (Å²) in [4.78, 5) is 13.6. The molecule has 0 bridgehead atoms. The van der Waals surface area contributed by atoms with Crippen LogP contribution in [0.5, 0.6) is 0 Å². The van der Waals surface area contributed by atoms with Gasteiger partial charge >= 0.3 is 5.97 Å². The van der Waals surface area contributed by atoms with Crippen LogP contribution in [0.25, 0.3) is 0 Å². The number of likely N-dealkylation sites (tertiary alicyclic amines) is 1. The van der Waals surface area contributed by atoms with Crippen molar-refractivity contribution in [3.05, 3.63) is 0 Å². The van der Waals surface area contributed by atoms with Gasteiger partial charge in [0.05, 0.1) is 0 Å². The Hall–Kier alpha value is -0.610. The molecule has 0 aromatic rings. The van der Waals surface area contributed by atoms with Crippen molar-refractivity contribution >= 4 is 5.97 Å². The number of hydrogen-bond donors (Lipinski definition) is 2. The van der Waals surface area contributed by atoms with E-state index in [1.807, 2.05) is 0 Å². The molecule has 18 heavy (non-hydrogen) atoms. The van der Waals surface area contributed by atoms with Gasteiger partial charge in [0.2, 0.25) is 0 Å². The van der Waals surface area contributed by atoms with Gasteiger partial charge in [0.15, 0.2) is 0 Å². The Kier molecular flexibility index (Phi) is 7.28. The van der Waals surface area contributed by atoms with E-state index in [2.05, 4.69) is 24.1 Å². The van der Waals surface area contributed by atoms with Gasteiger partial charge < -0.3 is 15.3 Å². The number of carbonyl (C=O) groups is 1. The molecule has 2 unspecified atom stereocenters. The van der Waals surface area contributed by atoms with Gasteiger partial charge in [-0.05, 0) is 39.3 Å². The first kappa shape index (κ1) is 15.4. The summed E-state index contributed by atoms with van der Waals surface area (Å²) in [5, 5.41) is 12.4. The first-order chi connectivity index (χ1) is 8.63. The van der Waals surface area contributed by atoms with Gasteiger partial charge in [-0.2, -0.15) is 0 Å². The van der Waals surface area contributed by atoms with Crippen molar-refractivity contribution in [1.82, 2.24) is 10.2 Å². The van der Waals surface area contributed by atoms with Crippen LogP contribution in [0.15, 0.2) is 0 Å². The molecule has 2 atom stereocenters. The maximum absolute atomic E-state index is 11.2. The van der Waals surface area contributed by atoms with Crippen molar-refractivity contribution in [1.29, 1.82) is 0 Å². The van der Waals surface area contributed by atoms with Gasteiger partial charge in [-0.1, -0.05) is 26.2 Å². The summed E-state index contributed by atoms with van der Waals surface area (Å²) in [6.45, 7) is 7.49. The van der Waals surface area contributed by atoms with Crippen LogP contribution in [-0.4, -0.2) is 47.7 Å². The van der Waals surface area contributed by atoms with Crippen LogP contribution >= 0.6 is 0 Å². The van der Waals surface area contributed by atoms with Crippen molar-refractivity contribution in [3.8, 4) is 0 Å². The number of nitrogens with one attached hydrogen (secondary N) is 1. The molecule has 1 heterocycles. The Morgan fingerprint density at radius 2 is 2.00 bits per heavy atom. The summed E-state index contributed by atoms with van der Waals surface area (Å²) in [7, 11) is 0. The third-order valence-electron chi connectivity index (χ3n) is 3.61. The molecule has 4 heteroatoms. The Morgan fingerprint density at radius 3 is 2.56 bits per heavy atom. The number of carboxylic acids is 1. The Morgan fingerprint density at radius 1 is 1.33 bits per heavy atom. The first-order valence-electron chi connectivity index (χ1n) is 7.34. The molecule has 106 valence electrons. The Bertz CT molecular complexity index is 240. The van der Waals surface area contributed by atoms with Crippen LogP contribution < -0.4 is 5.32 Å². The summed E-state index contributed by atoms with van der Waals surface area (Å²) in [5.74, 6) is -0.714. The molecule has 1 saturated heterocycles. The van der Waals surface area contributed by atoms with Gasteiger partial charge in [0.25, 0.3) is 0 Å². The van der Waals surface area contributed by atoms with Gasteiger partial charge in [-0.15, -0.1) is 0 Å². The van der Waals surface area contributed by atoms with Crippen LogP contribution in [0.3, 0.4) is 0 Å². The van der Waals surface area contributed by atoms with Crippen molar-refractivity contribution in [3.63, 3.8) is 0 Å². The second kappa shape index (κ2) is 8.48. The Balaban J connectivity index is 2.30. The SMILES string of the molecule is CCCCC(NC(C)CN1CCCCC1)C(=O)O. The van der Waals surface area contributed by atoms with E-state index in [0.29, 0.717) is 0 Å². The third-order valence-corrected chi connectivity index (χ3v) is 3.61. The number of unbranched alkanes of at least 4 members (excludes halogenated alkanes) is 1. The van der Waals surface area contributed by atoms with E-state index in [1.54, 1.807) is 0 Å². The fourth-order valence-corrected chi connectivity index (χ4v) is 2.61. The van der Waals surface area contributed by atoms with Gasteiger partial charge in [-0.25, -0.2) is 0 Å². The quantitative estimate of drug-likeness (QED) is 0.698. The fourth-order valence-electron chi connectivity index (χ4n) is 2.61. The number of hydrogen-bond acceptors (Lipinski definition) is 3. The predicted octanol–water partition coefficient (Wildman–Crippen LogP) is 2.09. The molecule has 0 saturated carbocycles. The first-order valence-corrected chi connectivity index (χ1v) is 7.34. The summed E-state index contributed by atoms with van der Waals surface area (Å²) in [6, 6.07) is -0.134. The van der Waals surface area contributed by atoms with Crippen molar-refractivity contribution < 1.29 is 9.90 Å². The zero-order chi connectivity index (χ0) is 13.4. The summed E-state index contributed by atoms with van der Waals surface area (Å²) >= 11 is 0. The van der Waals surface area contributed by atoms with E-state index < -0.39 is 5.97 Å². The van der Waals surface area contributed by atoms with E-state index in [4.69, 9.17) is 0 Å². The molecule has 1 aliphatic heterocycles. The lowest BCUT2D eigenvalue weighted by atomic mass is 10.1. The average molecular weight is 256 g/mol. The molecule has 0 aromatic carbocycles. The zero-order valence-electron chi connectivity index (χ0n) is 11.8. The van der Waals surface area contributed by atoms with Crippen LogP contribution in [0, 0.1) is 0 Å². The molecule has 1 fully saturated rings. The topological polar surface area (TPSA) is 52.6 Å². The number of rotatable bonds is 8. The summed E-state index contributed by atoms with van der Waals surface area (Å²) in [5.41, 5.74) is 0. The molecule has 0 aliphatic carbocycles. The van der Waals surface area contributed by atoms with Crippen LogP contribution in [0.2, 0.25) is 0 Å². The molecule has 4 nitrogen and oxygen atoms in total. The largest absolute Gasteiger partial charge is 0.480 e. The number of piperidine rings is 1. The number of nitrogens with zero attached hydrogens (tertiary/aromatic N) is 1. The van der Waals surface area contributed by atoms with Gasteiger partial charge in [-0.3, -0.25) is 4.79 Å². The lowest BCUT2D eigenvalue weighted by molar-refractivity contribution is -0.140. The van der Waals surface area contributed by atoms with Crippen molar-refractivity contribution in [2.75, 3.05) is 19.6 Å². The van der Waals surface area contributed by atoms with E-state index in [0.717, 1.165) is 25.8 Å². The van der Waals surface area contributed by atoms with Crippen molar-refractivity contribution in [2.24, 2.45) is 0 Å². The normalized spacial score (nSPS) is 20.6. The smallest absolute Gasteiger partial charge is 0.320 e. The van der Waals surface area contributed by atoms with E-state index in [-0.39, 0.29) is 12.1 Å². The minimum atomic E-state index is -0.714. The molecule has 0 amide bonds. The highest BCUT2D eigenvalue weighted by atomic mass is 16.4. The van der Waals surface area contributed by atoms with E-state index >= 15 is 0 Å². The lowest BCUT2D eigenvalue weighted by Crippen LogP contribution is -2.48. The highest BCUT2D eigenvalue weighted by Gasteiger charge is 2.20. The van der Waals surface area contributed by atoms with E-state index in [9.17, 15) is 9.90 Å². The van der Waals surface area contributed by atoms with Gasteiger partial charge in [0.1, 0.15) is 6.04 Å². The Labute approximate surface area is 111 Å². The predicted molar refractivity (Wildman–Crippen MR) is 73.8 cm³/mol. The maximum atomic E-state index is 11.2. The molecule has 0 spiro atoms. The van der Waals surface area contributed by atoms with Crippen LogP contribution in [0.1, 0.15) is 52.4 Å². The number of carboxylic acid groups (broad SMARTS) is 1. The average Bonchev–Trinajstić information content (AvgIpc) is 2.35. The third kappa shape index (κ3) is 5.83. The highest BCUT2D eigenvalue weighted by molar-refractivity contribution is 5.73. The lowest BCUT2D eigenvalue weighted by Gasteiger charge is -2.30. The maximum Gasteiger partial charge on any atom is 0.320 e. The van der Waals surface area contributed by atoms with Gasteiger partial charge in [0, 0.05) is 12.6 Å². The van der Waals surface area contributed by atoms with Crippen LogP contribution in [0.4, 0.5) is 0 Å². The molecule has 2 N–H and O–H groups in total. The molecular formula is C14H28N2O2. The molecule has 1 rings (SSSR count). The van der Waals surface area contributed by atoms with E-state index in [1.165, 1.54) is 32.4 Å². The second-order valence-electron chi connectivity index (χ2n) is 5.46. The molecule has 0 radical (unpaired) electrons. The summed E-state index contributed by atoms with van der Waals surface area (Å²) < 4.78 is 0. The minimum absolute atomic E-state index is 0.251. The van der Waals surface area contributed by atoms with Crippen molar-refractivity contribution in [2.45, 2.75) is 64.5 Å². The second-order valence-corrected chi connectivity index (χ2v) is 5.46. The molecule has 0 aromatic heterocycles. The standard InChI is InChI=1S/C14H28N2O2/c1-3-4-8-13(14(17)18)15-12(2)11-16-9-6-5-7-10-16/h12-13,15H,3-11H2,1-2H3,(H,17,18). The fraction of sp³-hybridized carbons (Fsp3) is 0.929. The highest BCUT2D eigenvalue weighted by Crippen LogP contribution is 2.09. The molecular weight excluding hydrogens is 228 g/mol. The summed E-state index contributed by atoms with van der Waals surface area (Å²) in [6.07, 6.45) is 6.66.